The van der Waals surface area contributed by atoms with Crippen molar-refractivity contribution >= 4 is 29.2 Å². The number of ether oxygens (including phenoxy) is 2. The highest BCUT2D eigenvalue weighted by Crippen LogP contribution is 2.24. The van der Waals surface area contributed by atoms with Gasteiger partial charge in [0.2, 0.25) is 0 Å². The van der Waals surface area contributed by atoms with E-state index in [2.05, 4.69) is 5.32 Å². The van der Waals surface area contributed by atoms with Gasteiger partial charge in [0, 0.05) is 5.02 Å². The number of hydrogen-bond donors (Lipinski definition) is 1. The van der Waals surface area contributed by atoms with E-state index < -0.39 is 11.9 Å². The van der Waals surface area contributed by atoms with Gasteiger partial charge >= 0.3 is 5.97 Å². The van der Waals surface area contributed by atoms with Gasteiger partial charge in [0.15, 0.2) is 0 Å². The predicted molar refractivity (Wildman–Crippen MR) is 97.6 cm³/mol. The molecule has 2 aromatic carbocycles. The highest BCUT2D eigenvalue weighted by molar-refractivity contribution is 6.31. The predicted octanol–water partition coefficient (Wildman–Crippen LogP) is 4.56. The van der Waals surface area contributed by atoms with Gasteiger partial charge < -0.3 is 14.8 Å². The highest BCUT2D eigenvalue weighted by atomic mass is 35.5. The smallest absolute Gasteiger partial charge is 0.340 e. The first-order chi connectivity index (χ1) is 12.1. The zero-order valence-corrected chi connectivity index (χ0v) is 14.9. The van der Waals surface area contributed by atoms with Crippen molar-refractivity contribution < 1.29 is 19.1 Å². The van der Waals surface area contributed by atoms with Crippen LogP contribution in [0.1, 0.15) is 40.5 Å². The van der Waals surface area contributed by atoms with Gasteiger partial charge in [-0.1, -0.05) is 37.1 Å². The summed E-state index contributed by atoms with van der Waals surface area (Å²) in [6.45, 7) is 2.34. The summed E-state index contributed by atoms with van der Waals surface area (Å²) < 4.78 is 10.4. The Labute approximate surface area is 151 Å². The van der Waals surface area contributed by atoms with Gasteiger partial charge in [0.05, 0.1) is 30.5 Å². The molecule has 0 aliphatic rings. The van der Waals surface area contributed by atoms with Crippen molar-refractivity contribution in [1.29, 1.82) is 0 Å². The molecule has 2 rings (SSSR count). The van der Waals surface area contributed by atoms with Crippen LogP contribution in [0.15, 0.2) is 42.5 Å². The number of nitrogens with one attached hydrogen (secondary N) is 1. The fourth-order valence-electron chi connectivity index (χ4n) is 2.21. The van der Waals surface area contributed by atoms with E-state index in [-0.39, 0.29) is 5.56 Å². The number of unbranched alkanes of at least 4 members (excludes halogenated alkanes) is 1. The largest absolute Gasteiger partial charge is 0.496 e. The van der Waals surface area contributed by atoms with Crippen molar-refractivity contribution in [2.24, 2.45) is 0 Å². The molecule has 6 heteroatoms. The zero-order chi connectivity index (χ0) is 18.2. The molecule has 2 aromatic rings. The number of methoxy groups -OCH3 is 1. The third-order valence-corrected chi connectivity index (χ3v) is 3.77. The molecule has 0 fully saturated rings. The fourth-order valence-corrected chi connectivity index (χ4v) is 2.38. The first-order valence-electron chi connectivity index (χ1n) is 7.97. The Balaban J connectivity index is 2.24. The van der Waals surface area contributed by atoms with Crippen LogP contribution < -0.4 is 10.1 Å². The van der Waals surface area contributed by atoms with Crippen molar-refractivity contribution in [1.82, 2.24) is 0 Å². The Morgan fingerprint density at radius 3 is 2.60 bits per heavy atom. The van der Waals surface area contributed by atoms with E-state index in [9.17, 15) is 9.59 Å². The van der Waals surface area contributed by atoms with Crippen LogP contribution in [0.25, 0.3) is 0 Å². The first-order valence-corrected chi connectivity index (χ1v) is 8.35. The number of amides is 1. The minimum Gasteiger partial charge on any atom is -0.496 e. The molecule has 0 atom stereocenters. The minimum absolute atomic E-state index is 0.253. The van der Waals surface area contributed by atoms with Gasteiger partial charge in [-0.3, -0.25) is 4.79 Å². The molecule has 132 valence electrons. The summed E-state index contributed by atoms with van der Waals surface area (Å²) >= 11 is 6.01. The number of para-hydroxylation sites is 1. The van der Waals surface area contributed by atoms with Crippen molar-refractivity contribution in [3.63, 3.8) is 0 Å². The van der Waals surface area contributed by atoms with Crippen LogP contribution >= 0.6 is 11.6 Å². The van der Waals surface area contributed by atoms with Crippen molar-refractivity contribution in [2.45, 2.75) is 19.8 Å². The Hall–Kier alpha value is -2.53. The number of halogens is 1. The second kappa shape index (κ2) is 9.08. The van der Waals surface area contributed by atoms with Gasteiger partial charge in [-0.2, -0.15) is 0 Å². The van der Waals surface area contributed by atoms with Crippen molar-refractivity contribution in [2.75, 3.05) is 19.0 Å². The molecule has 0 bridgehead atoms. The molecule has 0 aliphatic heterocycles. The molecule has 0 saturated heterocycles. The van der Waals surface area contributed by atoms with Crippen LogP contribution in [0, 0.1) is 0 Å². The molecule has 0 radical (unpaired) electrons. The van der Waals surface area contributed by atoms with Gasteiger partial charge in [-0.25, -0.2) is 4.79 Å². The Kier molecular flexibility index (Phi) is 6.83. The van der Waals surface area contributed by atoms with Crippen LogP contribution in [-0.4, -0.2) is 25.6 Å². The summed E-state index contributed by atoms with van der Waals surface area (Å²) in [5.74, 6) is -0.461. The standard InChI is InChI=1S/C19H20ClNO4/c1-3-4-11-25-19(23)14-10-9-13(20)12-16(14)21-18(22)15-7-5-6-8-17(15)24-2/h5-10,12H,3-4,11H2,1-2H3,(H,21,22). The lowest BCUT2D eigenvalue weighted by molar-refractivity contribution is 0.0501. The number of carbonyl (C=O) groups is 2. The van der Waals surface area contributed by atoms with E-state index >= 15 is 0 Å². The van der Waals surface area contributed by atoms with Gasteiger partial charge in [-0.05, 0) is 36.8 Å². The summed E-state index contributed by atoms with van der Waals surface area (Å²) in [7, 11) is 1.49. The molecule has 5 nitrogen and oxygen atoms in total. The van der Waals surface area contributed by atoms with Crippen molar-refractivity contribution in [3.05, 3.63) is 58.6 Å². The lowest BCUT2D eigenvalue weighted by atomic mass is 10.1. The Morgan fingerprint density at radius 1 is 1.12 bits per heavy atom. The molecular weight excluding hydrogens is 342 g/mol. The van der Waals surface area contributed by atoms with E-state index in [0.717, 1.165) is 12.8 Å². The van der Waals surface area contributed by atoms with E-state index in [4.69, 9.17) is 21.1 Å². The third kappa shape index (κ3) is 4.97. The molecule has 25 heavy (non-hydrogen) atoms. The zero-order valence-electron chi connectivity index (χ0n) is 14.2. The molecule has 0 spiro atoms. The van der Waals surface area contributed by atoms with Crippen LogP contribution in [0.3, 0.4) is 0 Å². The normalized spacial score (nSPS) is 10.2. The number of benzene rings is 2. The topological polar surface area (TPSA) is 64.6 Å². The fraction of sp³-hybridized carbons (Fsp3) is 0.263. The number of carbonyl (C=O) groups excluding carboxylic acids is 2. The van der Waals surface area contributed by atoms with Gasteiger partial charge in [0.1, 0.15) is 5.75 Å². The highest BCUT2D eigenvalue weighted by Gasteiger charge is 2.18. The molecule has 0 unspecified atom stereocenters. The average molecular weight is 362 g/mol. The number of hydrogen-bond acceptors (Lipinski definition) is 4. The quantitative estimate of drug-likeness (QED) is 0.580. The molecular formula is C19H20ClNO4. The Bertz CT molecular complexity index is 761. The second-order valence-corrected chi connectivity index (χ2v) is 5.77. The molecule has 0 aromatic heterocycles. The van der Waals surface area contributed by atoms with Crippen LogP contribution in [0.5, 0.6) is 5.75 Å². The molecule has 1 N–H and O–H groups in total. The maximum atomic E-state index is 12.6. The average Bonchev–Trinajstić information content (AvgIpc) is 2.61. The van der Waals surface area contributed by atoms with Crippen LogP contribution in [0.2, 0.25) is 5.02 Å². The summed E-state index contributed by atoms with van der Waals surface area (Å²) in [6.07, 6.45) is 1.70. The number of anilines is 1. The Morgan fingerprint density at radius 2 is 1.88 bits per heavy atom. The lowest BCUT2D eigenvalue weighted by Crippen LogP contribution is -2.17. The summed E-state index contributed by atoms with van der Waals surface area (Å²) in [4.78, 5) is 24.8. The molecule has 0 heterocycles. The minimum atomic E-state index is -0.500. The van der Waals surface area contributed by atoms with Gasteiger partial charge in [-0.15, -0.1) is 0 Å². The number of esters is 1. The monoisotopic (exact) mass is 361 g/mol. The maximum Gasteiger partial charge on any atom is 0.340 e. The third-order valence-electron chi connectivity index (χ3n) is 3.53. The molecule has 1 amide bonds. The maximum absolute atomic E-state index is 12.6. The summed E-state index contributed by atoms with van der Waals surface area (Å²) in [6, 6.07) is 11.5. The second-order valence-electron chi connectivity index (χ2n) is 5.33. The summed E-state index contributed by atoms with van der Waals surface area (Å²) in [5.41, 5.74) is 0.906. The lowest BCUT2D eigenvalue weighted by Gasteiger charge is -2.13. The van der Waals surface area contributed by atoms with E-state index in [1.54, 1.807) is 30.3 Å². The van der Waals surface area contributed by atoms with Crippen LogP contribution in [0.4, 0.5) is 5.69 Å². The molecule has 0 aliphatic carbocycles. The van der Waals surface area contributed by atoms with E-state index in [1.165, 1.54) is 19.2 Å². The number of rotatable bonds is 7. The van der Waals surface area contributed by atoms with E-state index in [1.807, 2.05) is 6.92 Å². The van der Waals surface area contributed by atoms with Crippen LogP contribution in [-0.2, 0) is 4.74 Å². The SMILES string of the molecule is CCCCOC(=O)c1ccc(Cl)cc1NC(=O)c1ccccc1OC. The van der Waals surface area contributed by atoms with Gasteiger partial charge in [0.25, 0.3) is 5.91 Å². The summed E-state index contributed by atoms with van der Waals surface area (Å²) in [5, 5.41) is 3.11. The van der Waals surface area contributed by atoms with Crippen molar-refractivity contribution in [3.8, 4) is 5.75 Å². The first kappa shape index (κ1) is 18.8. The van der Waals surface area contributed by atoms with E-state index in [0.29, 0.717) is 28.6 Å². The molecule has 0 saturated carbocycles.